The minimum Gasteiger partial charge on any atom is -0.200 e. The summed E-state index contributed by atoms with van der Waals surface area (Å²) in [5.41, 5.74) is 6.04. The Hall–Kier alpha value is -2.41. The summed E-state index contributed by atoms with van der Waals surface area (Å²) in [6.07, 6.45) is 2.08. The van der Waals surface area contributed by atoms with Crippen molar-refractivity contribution in [3.63, 3.8) is 0 Å². The SMILES string of the molecule is [2H]C([2H])([2H])c1ccc(-c2ccc(-c3ccccc3C)[n+](C)c2)cc1. The van der Waals surface area contributed by atoms with E-state index in [1.165, 1.54) is 11.1 Å². The summed E-state index contributed by atoms with van der Waals surface area (Å²) in [5.74, 6) is 0. The van der Waals surface area contributed by atoms with E-state index in [0.29, 0.717) is 5.56 Å². The largest absolute Gasteiger partial charge is 0.212 e. The van der Waals surface area contributed by atoms with Gasteiger partial charge in [-0.1, -0.05) is 48.0 Å². The lowest BCUT2D eigenvalue weighted by atomic mass is 10.0. The molecule has 104 valence electrons. The van der Waals surface area contributed by atoms with Crippen molar-refractivity contribution < 1.29 is 8.68 Å². The quantitative estimate of drug-likeness (QED) is 0.609. The van der Waals surface area contributed by atoms with Gasteiger partial charge in [0, 0.05) is 21.3 Å². The number of pyridine rings is 1. The first kappa shape index (κ1) is 10.3. The van der Waals surface area contributed by atoms with Gasteiger partial charge in [-0.15, -0.1) is 0 Å². The molecule has 0 radical (unpaired) electrons. The van der Waals surface area contributed by atoms with Crippen molar-refractivity contribution in [3.05, 3.63) is 78.0 Å². The van der Waals surface area contributed by atoms with Crippen molar-refractivity contribution in [2.45, 2.75) is 13.8 Å². The molecular formula is C20H20N+. The van der Waals surface area contributed by atoms with Crippen molar-refractivity contribution in [2.24, 2.45) is 7.05 Å². The van der Waals surface area contributed by atoms with Crippen molar-refractivity contribution in [3.8, 4) is 22.4 Å². The number of hydrogen-bond donors (Lipinski definition) is 0. The molecule has 3 aromatic rings. The summed E-state index contributed by atoms with van der Waals surface area (Å²) < 4.78 is 24.5. The van der Waals surface area contributed by atoms with Crippen molar-refractivity contribution >= 4 is 0 Å². The molecule has 0 aliphatic carbocycles. The van der Waals surface area contributed by atoms with Crippen molar-refractivity contribution in [1.29, 1.82) is 0 Å². The number of rotatable bonds is 2. The van der Waals surface area contributed by atoms with Crippen molar-refractivity contribution in [2.75, 3.05) is 0 Å². The van der Waals surface area contributed by atoms with E-state index in [4.69, 9.17) is 4.11 Å². The van der Waals surface area contributed by atoms with Crippen LogP contribution in [0.2, 0.25) is 0 Å². The molecule has 1 heteroatoms. The molecule has 0 unspecified atom stereocenters. The molecule has 0 N–H and O–H groups in total. The number of aryl methyl sites for hydroxylation is 3. The third-order valence-corrected chi connectivity index (χ3v) is 3.77. The van der Waals surface area contributed by atoms with Gasteiger partial charge in [0.25, 0.3) is 0 Å². The monoisotopic (exact) mass is 277 g/mol. The fraction of sp³-hybridized carbons (Fsp3) is 0.150. The second-order valence-electron chi connectivity index (χ2n) is 5.31. The highest BCUT2D eigenvalue weighted by molar-refractivity contribution is 5.66. The smallest absolute Gasteiger partial charge is 0.200 e. The van der Waals surface area contributed by atoms with E-state index in [0.717, 1.165) is 16.8 Å². The van der Waals surface area contributed by atoms with Crippen LogP contribution in [0.1, 0.15) is 15.2 Å². The van der Waals surface area contributed by atoms with Crippen LogP contribution in [-0.4, -0.2) is 0 Å². The van der Waals surface area contributed by atoms with Gasteiger partial charge in [0.15, 0.2) is 6.20 Å². The first-order valence-corrected chi connectivity index (χ1v) is 7.03. The van der Waals surface area contributed by atoms with Gasteiger partial charge in [-0.05, 0) is 37.0 Å². The molecule has 1 nitrogen and oxygen atoms in total. The summed E-state index contributed by atoms with van der Waals surface area (Å²) in [6.45, 7) is 0.0503. The van der Waals surface area contributed by atoms with E-state index in [9.17, 15) is 0 Å². The lowest BCUT2D eigenvalue weighted by molar-refractivity contribution is -0.659. The van der Waals surface area contributed by atoms with Gasteiger partial charge in [-0.25, -0.2) is 4.57 Å². The van der Waals surface area contributed by atoms with Gasteiger partial charge < -0.3 is 0 Å². The maximum atomic E-state index is 7.45. The highest BCUT2D eigenvalue weighted by Crippen LogP contribution is 2.23. The van der Waals surface area contributed by atoms with E-state index < -0.39 is 6.85 Å². The minimum atomic E-state index is -2.06. The third kappa shape index (κ3) is 2.73. The summed E-state index contributed by atoms with van der Waals surface area (Å²) in [7, 11) is 2.03. The Morgan fingerprint density at radius 3 is 2.24 bits per heavy atom. The fourth-order valence-corrected chi connectivity index (χ4v) is 2.58. The Bertz CT molecular complexity index is 865. The Morgan fingerprint density at radius 1 is 0.857 bits per heavy atom. The van der Waals surface area contributed by atoms with E-state index >= 15 is 0 Å². The minimum absolute atomic E-state index is 0.368. The van der Waals surface area contributed by atoms with Crippen molar-refractivity contribution in [1.82, 2.24) is 0 Å². The molecule has 0 saturated carbocycles. The lowest BCUT2D eigenvalue weighted by Gasteiger charge is -2.06. The maximum absolute atomic E-state index is 7.45. The summed E-state index contributed by atoms with van der Waals surface area (Å²) >= 11 is 0. The molecule has 0 fully saturated rings. The molecule has 21 heavy (non-hydrogen) atoms. The van der Waals surface area contributed by atoms with E-state index in [1.807, 2.05) is 31.3 Å². The Balaban J connectivity index is 1.97. The molecule has 0 amide bonds. The van der Waals surface area contributed by atoms with Crippen LogP contribution in [0.25, 0.3) is 22.4 Å². The molecule has 2 aromatic carbocycles. The highest BCUT2D eigenvalue weighted by Gasteiger charge is 2.13. The lowest BCUT2D eigenvalue weighted by Crippen LogP contribution is -2.30. The summed E-state index contributed by atoms with van der Waals surface area (Å²) in [4.78, 5) is 0. The van der Waals surface area contributed by atoms with Gasteiger partial charge in [-0.3, -0.25) is 0 Å². The van der Waals surface area contributed by atoms with Crippen LogP contribution in [0.5, 0.6) is 0 Å². The van der Waals surface area contributed by atoms with Crippen LogP contribution in [0.15, 0.2) is 66.9 Å². The number of benzene rings is 2. The highest BCUT2D eigenvalue weighted by atomic mass is 14.9. The topological polar surface area (TPSA) is 3.88 Å². The molecule has 0 spiro atoms. The van der Waals surface area contributed by atoms with Crippen LogP contribution in [0.4, 0.5) is 0 Å². The van der Waals surface area contributed by atoms with E-state index in [2.05, 4.69) is 42.0 Å². The molecule has 0 aliphatic heterocycles. The molecule has 0 atom stereocenters. The van der Waals surface area contributed by atoms with Crippen LogP contribution in [-0.2, 0) is 7.05 Å². The molecular weight excluding hydrogens is 254 g/mol. The predicted octanol–water partition coefficient (Wildman–Crippen LogP) is 4.46. The van der Waals surface area contributed by atoms with Gasteiger partial charge in [0.1, 0.15) is 7.05 Å². The first-order valence-electron chi connectivity index (χ1n) is 8.53. The fourth-order valence-electron chi connectivity index (χ4n) is 2.58. The Labute approximate surface area is 130 Å². The average molecular weight is 277 g/mol. The molecule has 3 rings (SSSR count). The molecule has 0 aliphatic rings. The number of aromatic nitrogens is 1. The zero-order valence-electron chi connectivity index (χ0n) is 15.3. The van der Waals surface area contributed by atoms with Crippen LogP contribution in [0.3, 0.4) is 0 Å². The normalized spacial score (nSPS) is 13.3. The second-order valence-corrected chi connectivity index (χ2v) is 5.31. The summed E-state index contributed by atoms with van der Waals surface area (Å²) in [5, 5.41) is 0. The zero-order valence-corrected chi connectivity index (χ0v) is 12.3. The van der Waals surface area contributed by atoms with Gasteiger partial charge in [-0.2, -0.15) is 0 Å². The second kappa shape index (κ2) is 5.53. The van der Waals surface area contributed by atoms with Crippen LogP contribution in [0, 0.1) is 13.8 Å². The summed E-state index contributed by atoms with van der Waals surface area (Å²) in [6, 6.07) is 19.6. The average Bonchev–Trinajstić information content (AvgIpc) is 2.55. The maximum Gasteiger partial charge on any atom is 0.212 e. The third-order valence-electron chi connectivity index (χ3n) is 3.77. The molecule has 0 bridgehead atoms. The molecule has 1 heterocycles. The zero-order chi connectivity index (χ0) is 17.3. The predicted molar refractivity (Wildman–Crippen MR) is 88.0 cm³/mol. The van der Waals surface area contributed by atoms with Gasteiger partial charge in [0.2, 0.25) is 5.69 Å². The first-order chi connectivity index (χ1) is 11.4. The van der Waals surface area contributed by atoms with Gasteiger partial charge >= 0.3 is 0 Å². The standard InChI is InChI=1S/C20H20N/c1-15-8-10-17(11-9-15)18-12-13-20(21(3)14-18)19-7-5-4-6-16(19)2/h4-14H,1-3H3/q+1/i1D3. The Kier molecular flexibility index (Phi) is 2.72. The van der Waals surface area contributed by atoms with E-state index in [-0.39, 0.29) is 0 Å². The van der Waals surface area contributed by atoms with Crippen LogP contribution >= 0.6 is 0 Å². The number of nitrogens with zero attached hydrogens (tertiary/aromatic N) is 1. The molecule has 1 aromatic heterocycles. The Morgan fingerprint density at radius 2 is 1.57 bits per heavy atom. The van der Waals surface area contributed by atoms with E-state index in [1.54, 1.807) is 12.1 Å². The number of hydrogen-bond acceptors (Lipinski definition) is 0. The molecule has 0 saturated heterocycles. The van der Waals surface area contributed by atoms with Gasteiger partial charge in [0.05, 0.1) is 0 Å². The van der Waals surface area contributed by atoms with Crippen LogP contribution < -0.4 is 4.57 Å².